The molecular weight excluding hydrogens is 844 g/mol. The molecule has 0 aliphatic rings. The molecule has 162 valence electrons. The minimum Gasteiger partial charge on any atom is -0.506 e. The summed E-state index contributed by atoms with van der Waals surface area (Å²) in [5.74, 6) is -1.78. The number of hydrogen-bond acceptors (Lipinski definition) is 4. The highest BCUT2D eigenvalue weighted by atomic mass is 127. The molecular formula is C20H18I4O6. The minimum absolute atomic E-state index is 0.116. The third-order valence-corrected chi connectivity index (χ3v) is 8.62. The lowest BCUT2D eigenvalue weighted by molar-refractivity contribution is 0.0684. The Morgan fingerprint density at radius 3 is 1.30 bits per heavy atom. The van der Waals surface area contributed by atoms with E-state index in [-0.39, 0.29) is 22.6 Å². The van der Waals surface area contributed by atoms with Gasteiger partial charge in [-0.1, -0.05) is 12.8 Å². The van der Waals surface area contributed by atoms with Gasteiger partial charge in [0, 0.05) is 0 Å². The Labute approximate surface area is 228 Å². The monoisotopic (exact) mass is 862 g/mol. The number of phenolic OH excluding ortho intramolecular Hbond substituents is 2. The van der Waals surface area contributed by atoms with Crippen LogP contribution in [-0.2, 0) is 12.8 Å². The van der Waals surface area contributed by atoms with Crippen LogP contribution in [0.1, 0.15) is 57.5 Å². The van der Waals surface area contributed by atoms with E-state index >= 15 is 0 Å². The standard InChI is InChI=1S/C20H18I4O6/c21-13-7-11(19(27)28)9(15(23)17(13)25)5-3-1-2-4-6-10-12(20(29)30)8-14(22)18(26)16(10)24/h7-8,25-26H,1-6H2,(H,27,28)(H,29,30). The number of aromatic carboxylic acids is 2. The van der Waals surface area contributed by atoms with Gasteiger partial charge in [-0.05, 0) is 139 Å². The molecule has 30 heavy (non-hydrogen) atoms. The first-order valence-electron chi connectivity index (χ1n) is 8.92. The molecule has 0 heterocycles. The molecule has 0 saturated carbocycles. The maximum absolute atomic E-state index is 11.5. The number of rotatable bonds is 9. The quantitative estimate of drug-likeness (QED) is 0.175. The van der Waals surface area contributed by atoms with Gasteiger partial charge in [0.1, 0.15) is 11.5 Å². The van der Waals surface area contributed by atoms with Gasteiger partial charge >= 0.3 is 11.9 Å². The number of carboxylic acid groups (broad SMARTS) is 2. The molecule has 0 unspecified atom stereocenters. The highest BCUT2D eigenvalue weighted by molar-refractivity contribution is 14.1. The van der Waals surface area contributed by atoms with Gasteiger partial charge in [0.2, 0.25) is 0 Å². The first-order chi connectivity index (χ1) is 14.1. The molecule has 0 fully saturated rings. The molecule has 10 heteroatoms. The van der Waals surface area contributed by atoms with Crippen LogP contribution in [0, 0.1) is 14.3 Å². The molecule has 0 amide bonds. The van der Waals surface area contributed by atoms with E-state index < -0.39 is 11.9 Å². The SMILES string of the molecule is O=C(O)c1cc(I)c(O)c(I)c1CCCCCCc1c(C(=O)O)cc(I)c(O)c1I. The van der Waals surface area contributed by atoms with Crippen LogP contribution in [0.5, 0.6) is 11.5 Å². The zero-order valence-electron chi connectivity index (χ0n) is 15.5. The first-order valence-corrected chi connectivity index (χ1v) is 13.2. The minimum atomic E-state index is -1.00. The van der Waals surface area contributed by atoms with E-state index in [1.165, 1.54) is 12.1 Å². The summed E-state index contributed by atoms with van der Waals surface area (Å²) in [6.07, 6.45) is 4.31. The molecule has 2 aromatic carbocycles. The highest BCUT2D eigenvalue weighted by Crippen LogP contribution is 2.34. The van der Waals surface area contributed by atoms with E-state index in [4.69, 9.17) is 0 Å². The molecule has 0 aromatic heterocycles. The fourth-order valence-electron chi connectivity index (χ4n) is 3.12. The van der Waals surface area contributed by atoms with Crippen molar-refractivity contribution in [2.24, 2.45) is 0 Å². The van der Waals surface area contributed by atoms with E-state index in [0.717, 1.165) is 25.7 Å². The summed E-state index contributed by atoms with van der Waals surface area (Å²) in [6.45, 7) is 0. The number of benzene rings is 2. The predicted molar refractivity (Wildman–Crippen MR) is 147 cm³/mol. The Bertz CT molecular complexity index is 911. The van der Waals surface area contributed by atoms with Crippen molar-refractivity contribution in [3.63, 3.8) is 0 Å². The lowest BCUT2D eigenvalue weighted by Crippen LogP contribution is -2.07. The lowest BCUT2D eigenvalue weighted by Gasteiger charge is -2.13. The van der Waals surface area contributed by atoms with Crippen LogP contribution in [0.2, 0.25) is 0 Å². The molecule has 2 rings (SSSR count). The zero-order chi connectivity index (χ0) is 22.6. The first kappa shape index (κ1) is 26.2. The summed E-state index contributed by atoms with van der Waals surface area (Å²) >= 11 is 7.82. The third-order valence-electron chi connectivity index (χ3n) is 4.65. The second-order valence-electron chi connectivity index (χ2n) is 6.62. The summed E-state index contributed by atoms with van der Waals surface area (Å²) < 4.78 is 2.18. The number of carboxylic acids is 2. The van der Waals surface area contributed by atoms with Crippen molar-refractivity contribution < 1.29 is 30.0 Å². The van der Waals surface area contributed by atoms with Crippen LogP contribution in [0.4, 0.5) is 0 Å². The second kappa shape index (κ2) is 11.7. The number of unbranched alkanes of at least 4 members (excludes halogenated alkanes) is 3. The molecule has 0 aliphatic heterocycles. The highest BCUT2D eigenvalue weighted by Gasteiger charge is 2.20. The predicted octanol–water partition coefficient (Wildman–Crippen LogP) is 6.26. The molecule has 0 radical (unpaired) electrons. The van der Waals surface area contributed by atoms with Gasteiger partial charge < -0.3 is 20.4 Å². The van der Waals surface area contributed by atoms with Crippen LogP contribution in [-0.4, -0.2) is 32.4 Å². The van der Waals surface area contributed by atoms with Crippen molar-refractivity contribution in [3.05, 3.63) is 48.7 Å². The summed E-state index contributed by atoms with van der Waals surface area (Å²) in [4.78, 5) is 23.1. The fourth-order valence-corrected chi connectivity index (χ4v) is 7.02. The maximum Gasteiger partial charge on any atom is 0.336 e. The van der Waals surface area contributed by atoms with Gasteiger partial charge in [-0.15, -0.1) is 0 Å². The summed E-state index contributed by atoms with van der Waals surface area (Å²) in [5, 5.41) is 39.1. The zero-order valence-corrected chi connectivity index (χ0v) is 24.1. The van der Waals surface area contributed by atoms with Crippen molar-refractivity contribution in [3.8, 4) is 11.5 Å². The van der Waals surface area contributed by atoms with Crippen LogP contribution in [0.3, 0.4) is 0 Å². The van der Waals surface area contributed by atoms with E-state index in [1.807, 2.05) is 90.4 Å². The Morgan fingerprint density at radius 1 is 0.667 bits per heavy atom. The second-order valence-corrected chi connectivity index (χ2v) is 11.1. The van der Waals surface area contributed by atoms with Gasteiger partial charge in [-0.2, -0.15) is 0 Å². The summed E-state index contributed by atoms with van der Waals surface area (Å²) in [5.41, 5.74) is 1.73. The molecule has 2 aromatic rings. The van der Waals surface area contributed by atoms with Crippen LogP contribution >= 0.6 is 90.4 Å². The molecule has 0 spiro atoms. The maximum atomic E-state index is 11.5. The number of halogens is 4. The van der Waals surface area contributed by atoms with Crippen LogP contribution < -0.4 is 0 Å². The molecule has 0 atom stereocenters. The van der Waals surface area contributed by atoms with Crippen molar-refractivity contribution >= 4 is 102 Å². The molecule has 4 N–H and O–H groups in total. The molecule has 0 aliphatic carbocycles. The van der Waals surface area contributed by atoms with E-state index in [2.05, 4.69) is 0 Å². The van der Waals surface area contributed by atoms with Gasteiger partial charge in [0.25, 0.3) is 0 Å². The fraction of sp³-hybridized carbons (Fsp3) is 0.300. The van der Waals surface area contributed by atoms with Crippen LogP contribution in [0.15, 0.2) is 12.1 Å². The van der Waals surface area contributed by atoms with E-state index in [0.29, 0.717) is 38.2 Å². The van der Waals surface area contributed by atoms with Crippen molar-refractivity contribution in [2.75, 3.05) is 0 Å². The largest absolute Gasteiger partial charge is 0.506 e. The average Bonchev–Trinajstić information content (AvgIpc) is 2.68. The van der Waals surface area contributed by atoms with Gasteiger partial charge in [-0.25, -0.2) is 9.59 Å². The Morgan fingerprint density at radius 2 is 1.00 bits per heavy atom. The Hall–Kier alpha value is -0.100. The molecule has 0 saturated heterocycles. The average molecular weight is 862 g/mol. The molecule has 6 nitrogen and oxygen atoms in total. The molecule has 0 bridgehead atoms. The van der Waals surface area contributed by atoms with Crippen molar-refractivity contribution in [2.45, 2.75) is 38.5 Å². The number of hydrogen-bond donors (Lipinski definition) is 4. The Kier molecular flexibility index (Phi) is 10.2. The number of carbonyl (C=O) groups is 2. The smallest absolute Gasteiger partial charge is 0.336 e. The van der Waals surface area contributed by atoms with E-state index in [1.54, 1.807) is 0 Å². The van der Waals surface area contributed by atoms with Crippen molar-refractivity contribution in [1.82, 2.24) is 0 Å². The third kappa shape index (κ3) is 6.24. The number of aromatic hydroxyl groups is 2. The Balaban J connectivity index is 1.99. The van der Waals surface area contributed by atoms with Crippen LogP contribution in [0.25, 0.3) is 0 Å². The lowest BCUT2D eigenvalue weighted by atomic mass is 9.98. The van der Waals surface area contributed by atoms with Gasteiger partial charge in [-0.3, -0.25) is 0 Å². The van der Waals surface area contributed by atoms with Gasteiger partial charge in [0.15, 0.2) is 0 Å². The normalized spacial score (nSPS) is 10.9. The number of phenols is 2. The van der Waals surface area contributed by atoms with Crippen molar-refractivity contribution in [1.29, 1.82) is 0 Å². The summed E-state index contributed by atoms with van der Waals surface area (Å²) in [6, 6.07) is 2.99. The van der Waals surface area contributed by atoms with E-state index in [9.17, 15) is 30.0 Å². The van der Waals surface area contributed by atoms with Gasteiger partial charge in [0.05, 0.1) is 25.4 Å². The topological polar surface area (TPSA) is 115 Å². The summed E-state index contributed by atoms with van der Waals surface area (Å²) in [7, 11) is 0.